The van der Waals surface area contributed by atoms with Crippen molar-refractivity contribution in [2.24, 2.45) is 0 Å². The van der Waals surface area contributed by atoms with Crippen LogP contribution in [0.3, 0.4) is 0 Å². The highest BCUT2D eigenvalue weighted by Gasteiger charge is 2.01. The van der Waals surface area contributed by atoms with Crippen molar-refractivity contribution in [2.75, 3.05) is 5.75 Å². The zero-order valence-corrected chi connectivity index (χ0v) is 10.6. The monoisotopic (exact) mass is 259 g/mol. The van der Waals surface area contributed by atoms with Gasteiger partial charge >= 0.3 is 0 Å². The van der Waals surface area contributed by atoms with Crippen molar-refractivity contribution in [3.63, 3.8) is 0 Å². The molecule has 92 valence electrons. The van der Waals surface area contributed by atoms with Crippen LogP contribution in [0, 0.1) is 6.92 Å². The number of carboxylic acids is 1. The van der Waals surface area contributed by atoms with Gasteiger partial charge in [0.2, 0.25) is 0 Å². The van der Waals surface area contributed by atoms with E-state index in [0.717, 1.165) is 23.0 Å². The highest BCUT2D eigenvalue weighted by molar-refractivity contribution is 7.99. The molecule has 0 radical (unpaired) electrons. The molecule has 0 unspecified atom stereocenters. The zero-order chi connectivity index (χ0) is 13.0. The maximum Gasteiger partial charge on any atom is 0.119 e. The molecule has 1 heterocycles. The highest BCUT2D eigenvalue weighted by Crippen LogP contribution is 2.19. The Kier molecular flexibility index (Phi) is 3.94. The summed E-state index contributed by atoms with van der Waals surface area (Å²) >= 11 is 1.10. The topological polar surface area (TPSA) is 65.9 Å². The summed E-state index contributed by atoms with van der Waals surface area (Å²) in [6.07, 6.45) is 0. The minimum Gasteiger partial charge on any atom is -0.549 e. The molecule has 1 aromatic carbocycles. The van der Waals surface area contributed by atoms with Crippen LogP contribution < -0.4 is 5.11 Å². The number of rotatable bonds is 4. The van der Waals surface area contributed by atoms with Crippen LogP contribution in [0.5, 0.6) is 0 Å². The first-order valence-corrected chi connectivity index (χ1v) is 6.37. The van der Waals surface area contributed by atoms with E-state index in [1.807, 2.05) is 37.3 Å². The predicted octanol–water partition coefficient (Wildman–Crippen LogP) is 1.29. The maximum atomic E-state index is 10.3. The van der Waals surface area contributed by atoms with E-state index in [1.54, 1.807) is 6.07 Å². The number of carboxylic acid groups (broad SMARTS) is 1. The minimum atomic E-state index is -1.11. The Balaban J connectivity index is 2.12. The second-order valence-corrected chi connectivity index (χ2v) is 4.78. The summed E-state index contributed by atoms with van der Waals surface area (Å²) in [6, 6.07) is 11.6. The van der Waals surface area contributed by atoms with E-state index in [0.29, 0.717) is 5.03 Å². The average Bonchev–Trinajstić information content (AvgIpc) is 2.38. The fourth-order valence-electron chi connectivity index (χ4n) is 1.41. The van der Waals surface area contributed by atoms with Gasteiger partial charge in [0.1, 0.15) is 5.03 Å². The lowest BCUT2D eigenvalue weighted by Crippen LogP contribution is -2.24. The molecule has 0 fully saturated rings. The number of hydrogen-bond acceptors (Lipinski definition) is 5. The molecule has 0 amide bonds. The Morgan fingerprint density at radius 1 is 1.17 bits per heavy atom. The molecule has 0 aliphatic heterocycles. The average molecular weight is 259 g/mol. The van der Waals surface area contributed by atoms with Gasteiger partial charge in [0, 0.05) is 11.3 Å². The van der Waals surface area contributed by atoms with Crippen molar-refractivity contribution in [3.8, 4) is 11.3 Å². The molecule has 0 atom stereocenters. The summed E-state index contributed by atoms with van der Waals surface area (Å²) in [5, 5.41) is 18.9. The number of aliphatic carboxylic acids is 1. The van der Waals surface area contributed by atoms with Crippen molar-refractivity contribution in [3.05, 3.63) is 42.0 Å². The van der Waals surface area contributed by atoms with Crippen molar-refractivity contribution in [2.45, 2.75) is 11.9 Å². The molecule has 2 rings (SSSR count). The molecular weight excluding hydrogens is 248 g/mol. The number of thioether (sulfide) groups is 1. The second-order valence-electron chi connectivity index (χ2n) is 3.78. The molecule has 0 spiro atoms. The molecule has 1 aromatic heterocycles. The number of nitrogens with zero attached hydrogens (tertiary/aromatic N) is 2. The number of carbonyl (C=O) groups is 1. The summed E-state index contributed by atoms with van der Waals surface area (Å²) < 4.78 is 0. The van der Waals surface area contributed by atoms with E-state index in [-0.39, 0.29) is 5.75 Å². The largest absolute Gasteiger partial charge is 0.549 e. The Labute approximate surface area is 109 Å². The van der Waals surface area contributed by atoms with Crippen LogP contribution in [0.2, 0.25) is 0 Å². The lowest BCUT2D eigenvalue weighted by Gasteiger charge is -2.03. The van der Waals surface area contributed by atoms with Crippen LogP contribution in [0.4, 0.5) is 0 Å². The molecule has 5 heteroatoms. The van der Waals surface area contributed by atoms with Crippen LogP contribution >= 0.6 is 11.8 Å². The number of hydrogen-bond donors (Lipinski definition) is 0. The maximum absolute atomic E-state index is 10.3. The van der Waals surface area contributed by atoms with Crippen molar-refractivity contribution >= 4 is 17.7 Å². The molecule has 18 heavy (non-hydrogen) atoms. The summed E-state index contributed by atoms with van der Waals surface area (Å²) in [7, 11) is 0. The van der Waals surface area contributed by atoms with E-state index < -0.39 is 5.97 Å². The number of carbonyl (C=O) groups excluding carboxylic acids is 1. The first-order valence-electron chi connectivity index (χ1n) is 5.38. The molecule has 0 saturated carbocycles. The zero-order valence-electron chi connectivity index (χ0n) is 9.79. The number of aromatic nitrogens is 2. The van der Waals surface area contributed by atoms with Crippen LogP contribution in [0.1, 0.15) is 5.56 Å². The lowest BCUT2D eigenvalue weighted by atomic mass is 10.1. The van der Waals surface area contributed by atoms with Gasteiger partial charge in [0.25, 0.3) is 0 Å². The Bertz CT molecular complexity index is 538. The molecule has 0 saturated heterocycles. The third-order valence-corrected chi connectivity index (χ3v) is 3.22. The minimum absolute atomic E-state index is 0.113. The van der Waals surface area contributed by atoms with E-state index >= 15 is 0 Å². The van der Waals surface area contributed by atoms with Crippen LogP contribution in [-0.2, 0) is 4.79 Å². The third-order valence-electron chi connectivity index (χ3n) is 2.33. The Hall–Kier alpha value is -1.88. The Morgan fingerprint density at radius 3 is 2.44 bits per heavy atom. The van der Waals surface area contributed by atoms with E-state index in [4.69, 9.17) is 0 Å². The van der Waals surface area contributed by atoms with E-state index in [2.05, 4.69) is 10.2 Å². The van der Waals surface area contributed by atoms with Gasteiger partial charge in [-0.05, 0) is 19.1 Å². The van der Waals surface area contributed by atoms with Gasteiger partial charge in [-0.15, -0.1) is 10.2 Å². The molecule has 2 aromatic rings. The smallest absolute Gasteiger partial charge is 0.119 e. The number of aryl methyl sites for hydroxylation is 1. The van der Waals surface area contributed by atoms with E-state index in [1.165, 1.54) is 5.56 Å². The van der Waals surface area contributed by atoms with Crippen LogP contribution in [0.15, 0.2) is 41.4 Å². The fraction of sp³-hybridized carbons (Fsp3) is 0.154. The van der Waals surface area contributed by atoms with Gasteiger partial charge in [-0.25, -0.2) is 0 Å². The Morgan fingerprint density at radius 2 is 1.89 bits per heavy atom. The van der Waals surface area contributed by atoms with Gasteiger partial charge in [0.15, 0.2) is 0 Å². The summed E-state index contributed by atoms with van der Waals surface area (Å²) in [4.78, 5) is 10.3. The molecule has 0 aliphatic carbocycles. The van der Waals surface area contributed by atoms with Gasteiger partial charge in [-0.1, -0.05) is 41.6 Å². The SMILES string of the molecule is Cc1ccc(-c2ccc(SCC(=O)[O-])nn2)cc1. The molecule has 4 nitrogen and oxygen atoms in total. The van der Waals surface area contributed by atoms with Crippen LogP contribution in [0.25, 0.3) is 11.3 Å². The first kappa shape index (κ1) is 12.6. The van der Waals surface area contributed by atoms with Gasteiger partial charge in [-0.2, -0.15) is 0 Å². The third kappa shape index (κ3) is 3.30. The summed E-state index contributed by atoms with van der Waals surface area (Å²) in [5.74, 6) is -1.22. The fourth-order valence-corrected chi connectivity index (χ4v) is 1.94. The molecule has 0 bridgehead atoms. The van der Waals surface area contributed by atoms with Crippen molar-refractivity contribution in [1.82, 2.24) is 10.2 Å². The summed E-state index contributed by atoms with van der Waals surface area (Å²) in [6.45, 7) is 2.02. The van der Waals surface area contributed by atoms with Crippen LogP contribution in [-0.4, -0.2) is 21.9 Å². The molecule has 0 aliphatic rings. The quantitative estimate of drug-likeness (QED) is 0.774. The highest BCUT2D eigenvalue weighted by atomic mass is 32.2. The normalized spacial score (nSPS) is 10.3. The lowest BCUT2D eigenvalue weighted by molar-refractivity contribution is -0.301. The predicted molar refractivity (Wildman–Crippen MR) is 67.9 cm³/mol. The van der Waals surface area contributed by atoms with Gasteiger partial charge < -0.3 is 9.90 Å². The first-order chi connectivity index (χ1) is 8.65. The standard InChI is InChI=1S/C13H12N2O2S/c1-9-2-4-10(5-3-9)11-6-7-12(15-14-11)18-8-13(16)17/h2-7H,8H2,1H3,(H,16,17)/p-1. The van der Waals surface area contributed by atoms with Crippen molar-refractivity contribution in [1.29, 1.82) is 0 Å². The molecule has 0 N–H and O–H groups in total. The van der Waals surface area contributed by atoms with Crippen molar-refractivity contribution < 1.29 is 9.90 Å². The second kappa shape index (κ2) is 5.64. The van der Waals surface area contributed by atoms with Gasteiger partial charge in [0.05, 0.1) is 11.7 Å². The van der Waals surface area contributed by atoms with Gasteiger partial charge in [-0.3, -0.25) is 0 Å². The van der Waals surface area contributed by atoms with E-state index in [9.17, 15) is 9.90 Å². The summed E-state index contributed by atoms with van der Waals surface area (Å²) in [5.41, 5.74) is 2.95. The number of benzene rings is 1. The molecular formula is C13H11N2O2S-.